The van der Waals surface area contributed by atoms with E-state index in [1.807, 2.05) is 70.9 Å². The van der Waals surface area contributed by atoms with Gasteiger partial charge >= 0.3 is 11.9 Å². The number of esters is 2. The number of phenols is 1. The van der Waals surface area contributed by atoms with Crippen LogP contribution in [-0.4, -0.2) is 182 Å². The molecule has 19 atom stereocenters. The van der Waals surface area contributed by atoms with E-state index in [1.165, 1.54) is 0 Å². The molecule has 7 rings (SSSR count). The molecule has 5 heterocycles. The number of Topliss-reactive ketones (excluding diaryl/α,β-unsaturated/α-hetero) is 1. The van der Waals surface area contributed by atoms with E-state index in [-0.39, 0.29) is 49.0 Å². The molecule has 0 radical (unpaired) electrons. The second-order valence-electron chi connectivity index (χ2n) is 23.0. The highest BCUT2D eigenvalue weighted by Gasteiger charge is 2.71. The molecule has 0 aromatic heterocycles. The molecule has 0 spiro atoms. The van der Waals surface area contributed by atoms with Crippen molar-refractivity contribution in [2.24, 2.45) is 29.4 Å². The van der Waals surface area contributed by atoms with Crippen molar-refractivity contribution in [3.05, 3.63) is 30.1 Å². The Labute approximate surface area is 442 Å². The van der Waals surface area contributed by atoms with Crippen LogP contribution in [0.15, 0.2) is 30.1 Å². The molecule has 5 fully saturated rings. The summed E-state index contributed by atoms with van der Waals surface area (Å²) >= 11 is 1.09. The molecule has 418 valence electrons. The Balaban J connectivity index is 1.33. The summed E-state index contributed by atoms with van der Waals surface area (Å²) in [5.74, 6) is -4.40. The van der Waals surface area contributed by atoms with E-state index in [0.717, 1.165) is 37.6 Å². The number of anilines is 1. The predicted molar refractivity (Wildman–Crippen MR) is 280 cm³/mol. The molecule has 0 bridgehead atoms. The van der Waals surface area contributed by atoms with Crippen molar-refractivity contribution in [2.75, 3.05) is 39.2 Å². The van der Waals surface area contributed by atoms with Gasteiger partial charge in [-0.3, -0.25) is 18.7 Å². The van der Waals surface area contributed by atoms with Crippen LogP contribution in [0.1, 0.15) is 121 Å². The van der Waals surface area contributed by atoms with Crippen molar-refractivity contribution >= 4 is 35.4 Å². The van der Waals surface area contributed by atoms with E-state index in [9.17, 15) is 20.1 Å². The van der Waals surface area contributed by atoms with Gasteiger partial charge in [0.2, 0.25) is 5.60 Å². The predicted octanol–water partition coefficient (Wildman–Crippen LogP) is 3.87. The van der Waals surface area contributed by atoms with Crippen LogP contribution in [0, 0.1) is 23.7 Å². The number of aliphatic hydroxyl groups is 8. The highest BCUT2D eigenvalue weighted by molar-refractivity contribution is 8.02. The van der Waals surface area contributed by atoms with Crippen molar-refractivity contribution in [1.82, 2.24) is 10.2 Å². The van der Waals surface area contributed by atoms with Gasteiger partial charge < -0.3 is 73.9 Å². The van der Waals surface area contributed by atoms with Gasteiger partial charge in [0.05, 0.1) is 47.1 Å². The third kappa shape index (κ3) is 11.1. The lowest BCUT2D eigenvalue weighted by Gasteiger charge is -2.50. The zero-order valence-corrected chi connectivity index (χ0v) is 47.0. The van der Waals surface area contributed by atoms with Crippen LogP contribution in [-0.2, 0) is 38.1 Å². The highest BCUT2D eigenvalue weighted by atomic mass is 32.2. The number of ether oxygens (including phenoxy) is 9. The van der Waals surface area contributed by atoms with Crippen LogP contribution >= 0.6 is 11.9 Å². The van der Waals surface area contributed by atoms with Gasteiger partial charge in [0.15, 0.2) is 41.5 Å². The number of fused-ring (bicyclic) bond motifs is 1. The number of carbonyl (C=O) groups excluding carboxylic acids is 3. The number of aliphatic hydroxyl groups excluding tert-OH is 2. The van der Waals surface area contributed by atoms with E-state index in [2.05, 4.69) is 10.1 Å². The molecule has 19 nitrogen and oxygen atoms in total. The van der Waals surface area contributed by atoms with Crippen molar-refractivity contribution < 1.29 is 72.3 Å². The van der Waals surface area contributed by atoms with Gasteiger partial charge in [0.25, 0.3) is 12.6 Å². The van der Waals surface area contributed by atoms with E-state index in [0.29, 0.717) is 30.2 Å². The van der Waals surface area contributed by atoms with E-state index < -0.39 is 112 Å². The van der Waals surface area contributed by atoms with E-state index in [4.69, 9.17) is 43.6 Å². The Morgan fingerprint density at radius 2 is 1.66 bits per heavy atom. The quantitative estimate of drug-likeness (QED) is 0.101. The summed E-state index contributed by atoms with van der Waals surface area (Å²) in [7, 11) is 7.00. The van der Waals surface area contributed by atoms with Gasteiger partial charge in [-0.05, 0) is 104 Å². The summed E-state index contributed by atoms with van der Waals surface area (Å²) in [6, 6.07) is 4.72. The maximum atomic E-state index is 15.6. The van der Waals surface area contributed by atoms with Gasteiger partial charge in [-0.15, -0.1) is 0 Å². The maximum absolute atomic E-state index is 15.6. The SMILES string of the molecule is CCC1OC(=O)C(C)C(OC2CC(C)([OH+]C)C(O)C(C)[OH+]2)C(C)C(OC2[OH+]C(C)CC(N(C)C)C2O)C(C)(OC)CC(C)C(=O)C(C)C2(N)C(SN(C3=CCN3)c3ccc(O)c(OC4CCCC4)c3)C(=O)OC12C. The average Bonchev–Trinajstić information content (AvgIpc) is 3.93. The summed E-state index contributed by atoms with van der Waals surface area (Å²) in [4.78, 5) is 47.6. The summed E-state index contributed by atoms with van der Waals surface area (Å²) < 4.78 is 56.3. The normalized spacial score (nSPS) is 42.6. The molecule has 4 saturated heterocycles. The lowest BCUT2D eigenvalue weighted by molar-refractivity contribution is -0.388. The Bertz CT molecular complexity index is 2190. The second kappa shape index (κ2) is 23.0. The van der Waals surface area contributed by atoms with Gasteiger partial charge in [-0.1, -0.05) is 27.7 Å². The number of benzene rings is 1. The zero-order chi connectivity index (χ0) is 54.4. The molecule has 19 unspecified atom stereocenters. The Kier molecular flexibility index (Phi) is 18.1. The average molecular weight is 1070 g/mol. The molecule has 1 saturated carbocycles. The number of rotatable bonds is 14. The number of ketones is 1. The standard InChI is InChI=1S/C54H86N4O15S/c1-15-39-53(10)54(55,47(49(64)73-53)74-58(40-22-23-56-40)34-20-21-37(59)38(25-34)69-35-18-16-17-19-35)32(6)42(60)28(2)26-52(9,66-14)46(72-50-43(61)36(57(11)12)24-29(3)67-50)30(4)44(31(5)48(63)70-39)71-41-27-51(8,65-13)45(62)33(7)68-41/h20-22,25,28-33,35-36,39,41,43-47,50,56,59,61-62H,15-19,23-24,26-27,55H2,1-14H3/p+3. The van der Waals surface area contributed by atoms with Gasteiger partial charge in [-0.25, -0.2) is 0 Å². The highest BCUT2D eigenvalue weighted by Crippen LogP contribution is 2.53. The lowest BCUT2D eigenvalue weighted by Crippen LogP contribution is -2.71. The molecule has 9 N–H and O–H groups in total. The number of nitrogens with zero attached hydrogens (tertiary/aromatic N) is 2. The monoisotopic (exact) mass is 1070 g/mol. The van der Waals surface area contributed by atoms with Crippen LogP contribution in [0.3, 0.4) is 0 Å². The number of carbonyl (C=O) groups is 3. The fourth-order valence-corrected chi connectivity index (χ4v) is 14.1. The van der Waals surface area contributed by atoms with Crippen LogP contribution in [0.25, 0.3) is 0 Å². The number of likely N-dealkylation sites (N-methyl/N-ethyl adjacent to an activating group) is 1. The fraction of sp³-hybridized carbons (Fsp3) is 0.796. The Hall–Kier alpha value is -3.28. The van der Waals surface area contributed by atoms with Crippen LogP contribution < -0.4 is 20.1 Å². The van der Waals surface area contributed by atoms with E-state index in [1.54, 1.807) is 60.1 Å². The van der Waals surface area contributed by atoms with Crippen molar-refractivity contribution in [1.29, 1.82) is 0 Å². The smallest absolute Gasteiger partial charge is 0.323 e. The maximum Gasteiger partial charge on any atom is 0.323 e. The molecule has 1 aliphatic carbocycles. The van der Waals surface area contributed by atoms with Gasteiger partial charge in [0, 0.05) is 64.7 Å². The lowest BCUT2D eigenvalue weighted by atomic mass is 9.65. The third-order valence-electron chi connectivity index (χ3n) is 17.6. The molecule has 0 amide bonds. The number of hydrogen-bond acceptors (Lipinski definition) is 17. The van der Waals surface area contributed by atoms with Crippen molar-refractivity contribution in [3.8, 4) is 11.5 Å². The summed E-state index contributed by atoms with van der Waals surface area (Å²) in [5, 5.41) is 36.3. The minimum atomic E-state index is -1.84. The first-order chi connectivity index (χ1) is 34.8. The van der Waals surface area contributed by atoms with Gasteiger partial charge in [0.1, 0.15) is 36.5 Å². The fourth-order valence-electron chi connectivity index (χ4n) is 12.6. The summed E-state index contributed by atoms with van der Waals surface area (Å²) in [5.41, 5.74) is 2.58. The van der Waals surface area contributed by atoms with Crippen LogP contribution in [0.4, 0.5) is 5.69 Å². The van der Waals surface area contributed by atoms with Crippen molar-refractivity contribution in [2.45, 2.75) is 216 Å². The zero-order valence-electron chi connectivity index (χ0n) is 46.1. The number of methoxy groups -OCH3 is 1. The molecular weight excluding hydrogens is 977 g/mol. The second-order valence-corrected chi connectivity index (χ2v) is 24.0. The third-order valence-corrected chi connectivity index (χ3v) is 19.1. The first-order valence-corrected chi connectivity index (χ1v) is 27.7. The number of hydrogen-bond donors (Lipinski definition) is 5. The molecule has 1 aromatic rings. The first-order valence-electron chi connectivity index (χ1n) is 26.8. The molecule has 6 aliphatic rings. The largest absolute Gasteiger partial charge is 0.504 e. The number of nitrogens with one attached hydrogen (secondary N) is 1. The summed E-state index contributed by atoms with van der Waals surface area (Å²) in [6.45, 7) is 18.6. The molecule has 1 aromatic carbocycles. The Morgan fingerprint density at radius 1 is 0.986 bits per heavy atom. The van der Waals surface area contributed by atoms with Crippen LogP contribution in [0.5, 0.6) is 11.5 Å². The number of phenolic OH excluding ortho intramolecular Hbond substituents is 1. The summed E-state index contributed by atoms with van der Waals surface area (Å²) in [6.07, 6.45) is -0.961. The number of cyclic esters (lactones) is 1. The molecule has 20 heteroatoms. The number of aromatic hydroxyl groups is 1. The van der Waals surface area contributed by atoms with Crippen molar-refractivity contribution in [3.63, 3.8) is 0 Å². The first kappa shape index (κ1) is 58.4. The minimum absolute atomic E-state index is 0.0174. The Morgan fingerprint density at radius 3 is 2.26 bits per heavy atom. The number of nitrogens with two attached hydrogens (primary N) is 1. The molecule has 5 aliphatic heterocycles. The van der Waals surface area contributed by atoms with Crippen LogP contribution in [0.2, 0.25) is 0 Å². The van der Waals surface area contributed by atoms with Gasteiger partial charge in [-0.2, -0.15) is 0 Å². The topological polar surface area (TPSA) is 250 Å². The minimum Gasteiger partial charge on any atom is -0.504 e. The molecule has 74 heavy (non-hydrogen) atoms. The van der Waals surface area contributed by atoms with E-state index >= 15 is 9.59 Å². The molecular formula is C54H89N4O15S+3.